The van der Waals surface area contributed by atoms with Crippen molar-refractivity contribution in [2.45, 2.75) is 103 Å². The van der Waals surface area contributed by atoms with Crippen LogP contribution in [-0.2, 0) is 14.2 Å². The Balaban J connectivity index is 1.64. The molecule has 6 nitrogen and oxygen atoms in total. The van der Waals surface area contributed by atoms with E-state index in [0.717, 1.165) is 18.4 Å². The molecule has 0 heterocycles. The number of ether oxygens (including phenoxy) is 3. The molecule has 0 aromatic carbocycles. The predicted octanol–water partition coefficient (Wildman–Crippen LogP) is 4.93. The number of fused-ring (bicyclic) bond motifs is 1. The summed E-state index contributed by atoms with van der Waals surface area (Å²) in [6.07, 6.45) is 15.0. The molecule has 3 fully saturated rings. The largest absolute Gasteiger partial charge is 0.394 e. The highest BCUT2D eigenvalue weighted by molar-refractivity contribution is 5.27. The van der Waals surface area contributed by atoms with Crippen molar-refractivity contribution in [3.8, 4) is 0 Å². The van der Waals surface area contributed by atoms with E-state index in [9.17, 15) is 10.2 Å². The third kappa shape index (κ3) is 7.30. The van der Waals surface area contributed by atoms with E-state index < -0.39 is 18.3 Å². The highest BCUT2D eigenvalue weighted by Gasteiger charge is 2.50. The lowest BCUT2D eigenvalue weighted by molar-refractivity contribution is -0.115. The Labute approximate surface area is 218 Å². The molecular formula is C30H50O6. The van der Waals surface area contributed by atoms with Gasteiger partial charge in [-0.25, -0.2) is 0 Å². The molecule has 5 unspecified atom stereocenters. The molecule has 0 amide bonds. The zero-order valence-electron chi connectivity index (χ0n) is 23.1. The Morgan fingerprint density at radius 1 is 1.14 bits per heavy atom. The van der Waals surface area contributed by atoms with Crippen LogP contribution in [0.1, 0.15) is 79.1 Å². The highest BCUT2D eigenvalue weighted by atomic mass is 16.7. The number of rotatable bonds is 11. The van der Waals surface area contributed by atoms with Gasteiger partial charge >= 0.3 is 0 Å². The first-order valence-electron chi connectivity index (χ1n) is 13.9. The molecule has 3 rings (SSSR count). The van der Waals surface area contributed by atoms with Crippen LogP contribution in [-0.4, -0.2) is 66.3 Å². The summed E-state index contributed by atoms with van der Waals surface area (Å²) >= 11 is 0. The molecule has 3 aliphatic carbocycles. The van der Waals surface area contributed by atoms with Gasteiger partial charge in [-0.3, -0.25) is 0 Å². The quantitative estimate of drug-likeness (QED) is 0.272. The Morgan fingerprint density at radius 2 is 1.86 bits per heavy atom. The molecule has 3 aliphatic rings. The van der Waals surface area contributed by atoms with E-state index in [4.69, 9.17) is 19.3 Å². The van der Waals surface area contributed by atoms with Crippen LogP contribution in [0.25, 0.3) is 0 Å². The lowest BCUT2D eigenvalue weighted by Crippen LogP contribution is -2.44. The lowest BCUT2D eigenvalue weighted by atomic mass is 9.61. The minimum absolute atomic E-state index is 0.110. The summed E-state index contributed by atoms with van der Waals surface area (Å²) in [5, 5.41) is 29.9. The maximum Gasteiger partial charge on any atom is 0.147 e. The molecule has 0 saturated heterocycles. The standard InChI is InChI=1S/C30H50O6/c1-21(8-6-14-29(2,3)36-20-34-5)24-12-13-25-23(9-7-15-30(24,25)4)11-10-22-18-26(32)28(27(33)19-22)35-17-16-31/h6,8,10-11,21,24-28,31-33H,7,9,12-20H2,1-5H3/b8-6+,22-10?,23-11+/t21-,24?,25?,26-,27?,28?,30?/m1/s1. The van der Waals surface area contributed by atoms with Crippen LogP contribution < -0.4 is 0 Å². The first-order chi connectivity index (χ1) is 17.1. The molecule has 36 heavy (non-hydrogen) atoms. The summed E-state index contributed by atoms with van der Waals surface area (Å²) in [5.41, 5.74) is 2.69. The van der Waals surface area contributed by atoms with Gasteiger partial charge in [0, 0.05) is 7.11 Å². The van der Waals surface area contributed by atoms with E-state index in [2.05, 4.69) is 52.0 Å². The Bertz CT molecular complexity index is 772. The van der Waals surface area contributed by atoms with Crippen molar-refractivity contribution in [3.63, 3.8) is 0 Å². The van der Waals surface area contributed by atoms with Crippen LogP contribution in [0.3, 0.4) is 0 Å². The number of hydrogen-bond acceptors (Lipinski definition) is 6. The Kier molecular flexibility index (Phi) is 10.8. The summed E-state index contributed by atoms with van der Waals surface area (Å²) in [5.74, 6) is 1.79. The van der Waals surface area contributed by atoms with Crippen molar-refractivity contribution in [2.24, 2.45) is 23.2 Å². The van der Waals surface area contributed by atoms with Crippen molar-refractivity contribution in [1.82, 2.24) is 0 Å². The van der Waals surface area contributed by atoms with Gasteiger partial charge in [0.2, 0.25) is 0 Å². The molecule has 7 atom stereocenters. The van der Waals surface area contributed by atoms with Crippen LogP contribution >= 0.6 is 0 Å². The molecule has 0 aromatic rings. The number of hydrogen-bond donors (Lipinski definition) is 3. The second kappa shape index (κ2) is 13.2. The molecule has 3 N–H and O–H groups in total. The minimum atomic E-state index is -0.741. The van der Waals surface area contributed by atoms with Gasteiger partial charge < -0.3 is 29.5 Å². The fourth-order valence-corrected chi connectivity index (χ4v) is 7.00. The van der Waals surface area contributed by atoms with E-state index in [1.54, 1.807) is 7.11 Å². The van der Waals surface area contributed by atoms with E-state index in [1.807, 2.05) is 0 Å². The smallest absolute Gasteiger partial charge is 0.147 e. The van der Waals surface area contributed by atoms with Crippen LogP contribution in [0.2, 0.25) is 0 Å². The third-order valence-electron chi connectivity index (χ3n) is 8.93. The normalized spacial score (nSPS) is 36.6. The molecule has 0 aliphatic heterocycles. The van der Waals surface area contributed by atoms with Crippen molar-refractivity contribution in [1.29, 1.82) is 0 Å². The second-order valence-corrected chi connectivity index (χ2v) is 12.1. The zero-order valence-corrected chi connectivity index (χ0v) is 23.1. The van der Waals surface area contributed by atoms with Crippen LogP contribution in [0.15, 0.2) is 35.5 Å². The lowest BCUT2D eigenvalue weighted by Gasteiger charge is -2.44. The Morgan fingerprint density at radius 3 is 2.53 bits per heavy atom. The molecule has 0 bridgehead atoms. The first-order valence-corrected chi connectivity index (χ1v) is 13.9. The van der Waals surface area contributed by atoms with E-state index in [0.29, 0.717) is 42.8 Å². The summed E-state index contributed by atoms with van der Waals surface area (Å²) in [6.45, 7) is 9.43. The van der Waals surface area contributed by atoms with Crippen LogP contribution in [0.5, 0.6) is 0 Å². The number of aliphatic hydroxyl groups is 3. The van der Waals surface area contributed by atoms with E-state index >= 15 is 0 Å². The van der Waals surface area contributed by atoms with E-state index in [1.165, 1.54) is 31.3 Å². The number of methoxy groups -OCH3 is 1. The van der Waals surface area contributed by atoms with Crippen molar-refractivity contribution < 1.29 is 29.5 Å². The van der Waals surface area contributed by atoms with Crippen molar-refractivity contribution in [3.05, 3.63) is 35.5 Å². The minimum Gasteiger partial charge on any atom is -0.394 e. The van der Waals surface area contributed by atoms with Gasteiger partial charge in [-0.2, -0.15) is 0 Å². The number of allylic oxidation sites excluding steroid dienone is 4. The number of aliphatic hydroxyl groups excluding tert-OH is 3. The highest BCUT2D eigenvalue weighted by Crippen LogP contribution is 2.59. The fraction of sp³-hybridized carbons (Fsp3) is 0.800. The topological polar surface area (TPSA) is 88.4 Å². The van der Waals surface area contributed by atoms with Gasteiger partial charge in [-0.1, -0.05) is 49.3 Å². The van der Waals surface area contributed by atoms with Gasteiger partial charge in [0.25, 0.3) is 0 Å². The van der Waals surface area contributed by atoms with Gasteiger partial charge in [0.1, 0.15) is 12.9 Å². The average Bonchev–Trinajstić information content (AvgIpc) is 3.18. The second-order valence-electron chi connectivity index (χ2n) is 12.1. The van der Waals surface area contributed by atoms with Gasteiger partial charge in [-0.05, 0) is 88.4 Å². The van der Waals surface area contributed by atoms with Crippen molar-refractivity contribution >= 4 is 0 Å². The first kappa shape index (κ1) is 29.5. The molecule has 0 radical (unpaired) electrons. The predicted molar refractivity (Wildman–Crippen MR) is 142 cm³/mol. The maximum atomic E-state index is 10.5. The molecule has 0 spiro atoms. The molecule has 6 heteroatoms. The molecule has 206 valence electrons. The average molecular weight is 507 g/mol. The summed E-state index contributed by atoms with van der Waals surface area (Å²) in [4.78, 5) is 0. The van der Waals surface area contributed by atoms with Gasteiger partial charge in [0.15, 0.2) is 0 Å². The van der Waals surface area contributed by atoms with Crippen LogP contribution in [0, 0.1) is 23.2 Å². The van der Waals surface area contributed by atoms with Gasteiger partial charge in [-0.15, -0.1) is 0 Å². The fourth-order valence-electron chi connectivity index (χ4n) is 7.00. The van der Waals surface area contributed by atoms with E-state index in [-0.39, 0.29) is 18.8 Å². The Hall–Kier alpha value is -1.02. The van der Waals surface area contributed by atoms with Gasteiger partial charge in [0.05, 0.1) is 31.0 Å². The monoisotopic (exact) mass is 506 g/mol. The molecule has 3 saturated carbocycles. The molecular weight excluding hydrogens is 456 g/mol. The summed E-state index contributed by atoms with van der Waals surface area (Å²) < 4.78 is 16.3. The molecule has 0 aromatic heterocycles. The summed E-state index contributed by atoms with van der Waals surface area (Å²) in [7, 11) is 1.65. The maximum absolute atomic E-state index is 10.5. The SMILES string of the molecule is COCOC(C)(C)C/C=C/[C@@H](C)C1CCC2/C(=C/C=C3CC(O)C(OCCO)[C@H](O)C3)CCCC21C. The third-order valence-corrected chi connectivity index (χ3v) is 8.93. The van der Waals surface area contributed by atoms with Crippen molar-refractivity contribution in [2.75, 3.05) is 27.1 Å². The summed E-state index contributed by atoms with van der Waals surface area (Å²) in [6, 6.07) is 0. The van der Waals surface area contributed by atoms with Crippen LogP contribution in [0.4, 0.5) is 0 Å². The zero-order chi connectivity index (χ0) is 26.3.